The Labute approximate surface area is 105 Å². The van der Waals surface area contributed by atoms with Gasteiger partial charge in [-0.3, -0.25) is 4.79 Å². The van der Waals surface area contributed by atoms with Crippen LogP contribution in [-0.2, 0) is 11.3 Å². The van der Waals surface area contributed by atoms with E-state index in [-0.39, 0.29) is 18.4 Å². The number of benzene rings is 1. The van der Waals surface area contributed by atoms with Crippen molar-refractivity contribution in [2.24, 2.45) is 5.92 Å². The summed E-state index contributed by atoms with van der Waals surface area (Å²) in [5.74, 6) is -1.37. The molecule has 2 rings (SSSR count). The molecule has 1 heterocycles. The maximum absolute atomic E-state index is 13.3. The van der Waals surface area contributed by atoms with Crippen LogP contribution in [0.1, 0.15) is 18.4 Å². The molecule has 1 saturated heterocycles. The van der Waals surface area contributed by atoms with Gasteiger partial charge in [-0.1, -0.05) is 6.07 Å². The van der Waals surface area contributed by atoms with E-state index >= 15 is 0 Å². The highest BCUT2D eigenvalue weighted by atomic mass is 19.1. The monoisotopic (exact) mass is 254 g/mol. The van der Waals surface area contributed by atoms with Gasteiger partial charge in [-0.2, -0.15) is 0 Å². The SMILES string of the molecule is O=C(NCc1ccc(F)cc1F)C1CCCNC1. The van der Waals surface area contributed by atoms with Gasteiger partial charge in [-0.05, 0) is 25.5 Å². The molecule has 0 radical (unpaired) electrons. The molecule has 1 amide bonds. The van der Waals surface area contributed by atoms with Crippen LogP contribution in [0.4, 0.5) is 8.78 Å². The summed E-state index contributed by atoms with van der Waals surface area (Å²) in [4.78, 5) is 11.8. The smallest absolute Gasteiger partial charge is 0.224 e. The number of amides is 1. The van der Waals surface area contributed by atoms with Crippen molar-refractivity contribution < 1.29 is 13.6 Å². The molecule has 98 valence electrons. The number of rotatable bonds is 3. The van der Waals surface area contributed by atoms with E-state index < -0.39 is 11.6 Å². The Morgan fingerprint density at radius 1 is 1.44 bits per heavy atom. The summed E-state index contributed by atoms with van der Waals surface area (Å²) in [6.45, 7) is 1.70. The fraction of sp³-hybridized carbons (Fsp3) is 0.462. The zero-order valence-corrected chi connectivity index (χ0v) is 10.0. The molecule has 18 heavy (non-hydrogen) atoms. The Hall–Kier alpha value is -1.49. The zero-order chi connectivity index (χ0) is 13.0. The molecule has 5 heteroatoms. The predicted octanol–water partition coefficient (Wildman–Crippen LogP) is 1.58. The molecule has 0 aliphatic carbocycles. The zero-order valence-electron chi connectivity index (χ0n) is 10.0. The van der Waals surface area contributed by atoms with Crippen molar-refractivity contribution >= 4 is 5.91 Å². The summed E-state index contributed by atoms with van der Waals surface area (Å²) in [7, 11) is 0. The molecule has 1 unspecified atom stereocenters. The van der Waals surface area contributed by atoms with Gasteiger partial charge in [0.1, 0.15) is 11.6 Å². The van der Waals surface area contributed by atoms with Gasteiger partial charge in [0, 0.05) is 24.7 Å². The van der Waals surface area contributed by atoms with Crippen molar-refractivity contribution in [3.8, 4) is 0 Å². The van der Waals surface area contributed by atoms with Crippen LogP contribution in [0.3, 0.4) is 0 Å². The van der Waals surface area contributed by atoms with E-state index in [9.17, 15) is 13.6 Å². The van der Waals surface area contributed by atoms with E-state index in [1.165, 1.54) is 12.1 Å². The van der Waals surface area contributed by atoms with Gasteiger partial charge >= 0.3 is 0 Å². The number of piperidine rings is 1. The first kappa shape index (κ1) is 13.0. The van der Waals surface area contributed by atoms with Gasteiger partial charge in [0.05, 0.1) is 5.92 Å². The molecule has 1 aromatic carbocycles. The van der Waals surface area contributed by atoms with E-state index in [0.717, 1.165) is 25.5 Å². The van der Waals surface area contributed by atoms with Crippen molar-refractivity contribution in [3.05, 3.63) is 35.4 Å². The number of hydrogen-bond donors (Lipinski definition) is 2. The summed E-state index contributed by atoms with van der Waals surface area (Å²) in [6.07, 6.45) is 1.83. The molecule has 1 aliphatic rings. The van der Waals surface area contributed by atoms with Gasteiger partial charge in [0.2, 0.25) is 5.91 Å². The second-order valence-electron chi connectivity index (χ2n) is 4.50. The quantitative estimate of drug-likeness (QED) is 0.860. The lowest BCUT2D eigenvalue weighted by molar-refractivity contribution is -0.125. The van der Waals surface area contributed by atoms with Crippen molar-refractivity contribution in [1.82, 2.24) is 10.6 Å². The third-order valence-electron chi connectivity index (χ3n) is 3.14. The fourth-order valence-electron chi connectivity index (χ4n) is 2.07. The lowest BCUT2D eigenvalue weighted by Crippen LogP contribution is -2.40. The molecule has 1 aliphatic heterocycles. The summed E-state index contributed by atoms with van der Waals surface area (Å²) in [5, 5.41) is 5.84. The second-order valence-corrected chi connectivity index (χ2v) is 4.50. The lowest BCUT2D eigenvalue weighted by atomic mass is 9.99. The Bertz CT molecular complexity index is 431. The number of carbonyl (C=O) groups is 1. The van der Waals surface area contributed by atoms with Crippen LogP contribution in [-0.4, -0.2) is 19.0 Å². The lowest BCUT2D eigenvalue weighted by Gasteiger charge is -2.21. The van der Waals surface area contributed by atoms with Gasteiger partial charge in [0.25, 0.3) is 0 Å². The summed E-state index contributed by atoms with van der Waals surface area (Å²) < 4.78 is 26.0. The Balaban J connectivity index is 1.88. The van der Waals surface area contributed by atoms with Gasteiger partial charge in [0.15, 0.2) is 0 Å². The number of nitrogens with one attached hydrogen (secondary N) is 2. The van der Waals surface area contributed by atoms with Crippen molar-refractivity contribution in [2.45, 2.75) is 19.4 Å². The highest BCUT2D eigenvalue weighted by Gasteiger charge is 2.20. The highest BCUT2D eigenvalue weighted by Crippen LogP contribution is 2.12. The second kappa shape index (κ2) is 5.91. The predicted molar refractivity (Wildman–Crippen MR) is 63.8 cm³/mol. The first-order chi connectivity index (χ1) is 8.66. The molecule has 0 spiro atoms. The molecule has 1 aromatic rings. The molecule has 0 aromatic heterocycles. The van der Waals surface area contributed by atoms with Crippen LogP contribution >= 0.6 is 0 Å². The standard InChI is InChI=1S/C13H16F2N2O/c14-11-4-3-9(12(15)6-11)8-17-13(18)10-2-1-5-16-7-10/h3-4,6,10,16H,1-2,5,7-8H2,(H,17,18). The molecule has 2 N–H and O–H groups in total. The van der Waals surface area contributed by atoms with Crippen LogP contribution < -0.4 is 10.6 Å². The molecule has 0 bridgehead atoms. The molecule has 3 nitrogen and oxygen atoms in total. The van der Waals surface area contributed by atoms with Gasteiger partial charge in [-0.25, -0.2) is 8.78 Å². The van der Waals surface area contributed by atoms with Crippen LogP contribution in [0, 0.1) is 17.6 Å². The molecule has 1 atom stereocenters. The average Bonchev–Trinajstić information content (AvgIpc) is 2.38. The minimum atomic E-state index is -0.628. The maximum Gasteiger partial charge on any atom is 0.224 e. The van der Waals surface area contributed by atoms with Crippen LogP contribution in [0.2, 0.25) is 0 Å². The molecule has 1 fully saturated rings. The largest absolute Gasteiger partial charge is 0.352 e. The topological polar surface area (TPSA) is 41.1 Å². The van der Waals surface area contributed by atoms with E-state index in [1.54, 1.807) is 0 Å². The molecule has 0 saturated carbocycles. The van der Waals surface area contributed by atoms with Crippen molar-refractivity contribution in [3.63, 3.8) is 0 Å². The van der Waals surface area contributed by atoms with Crippen molar-refractivity contribution in [1.29, 1.82) is 0 Å². The number of halogens is 2. The van der Waals surface area contributed by atoms with E-state index in [0.29, 0.717) is 12.1 Å². The third kappa shape index (κ3) is 3.26. The Morgan fingerprint density at radius 3 is 2.94 bits per heavy atom. The minimum absolute atomic E-state index is 0.0535. The van der Waals surface area contributed by atoms with Crippen LogP contribution in [0.25, 0.3) is 0 Å². The van der Waals surface area contributed by atoms with Crippen molar-refractivity contribution in [2.75, 3.05) is 13.1 Å². The first-order valence-electron chi connectivity index (χ1n) is 6.09. The first-order valence-corrected chi connectivity index (χ1v) is 6.09. The Morgan fingerprint density at radius 2 is 2.28 bits per heavy atom. The van der Waals surface area contributed by atoms with Crippen LogP contribution in [0.5, 0.6) is 0 Å². The summed E-state index contributed by atoms with van der Waals surface area (Å²) in [6, 6.07) is 3.36. The van der Waals surface area contributed by atoms with E-state index in [1.807, 2.05) is 0 Å². The fourth-order valence-corrected chi connectivity index (χ4v) is 2.07. The van der Waals surface area contributed by atoms with Crippen LogP contribution in [0.15, 0.2) is 18.2 Å². The summed E-state index contributed by atoms with van der Waals surface area (Å²) in [5.41, 5.74) is 0.300. The van der Waals surface area contributed by atoms with E-state index in [2.05, 4.69) is 10.6 Å². The number of carbonyl (C=O) groups excluding carboxylic acids is 1. The minimum Gasteiger partial charge on any atom is -0.352 e. The summed E-state index contributed by atoms with van der Waals surface area (Å²) >= 11 is 0. The normalized spacial score (nSPS) is 19.6. The Kier molecular flexibility index (Phi) is 4.25. The molecular weight excluding hydrogens is 238 g/mol. The third-order valence-corrected chi connectivity index (χ3v) is 3.14. The molecular formula is C13H16F2N2O. The number of hydrogen-bond acceptors (Lipinski definition) is 2. The van der Waals surface area contributed by atoms with E-state index in [4.69, 9.17) is 0 Å². The maximum atomic E-state index is 13.3. The van der Waals surface area contributed by atoms with Gasteiger partial charge in [-0.15, -0.1) is 0 Å². The van der Waals surface area contributed by atoms with Gasteiger partial charge < -0.3 is 10.6 Å². The highest BCUT2D eigenvalue weighted by molar-refractivity contribution is 5.78. The average molecular weight is 254 g/mol.